The van der Waals surface area contributed by atoms with Gasteiger partial charge in [-0.3, -0.25) is 14.4 Å². The maximum absolute atomic E-state index is 14.1. The normalized spacial score (nSPS) is 15.1. The van der Waals surface area contributed by atoms with Gasteiger partial charge in [-0.05, 0) is 54.9 Å². The number of imidazole rings is 1. The van der Waals surface area contributed by atoms with Crippen LogP contribution in [-0.2, 0) is 25.7 Å². The summed E-state index contributed by atoms with van der Waals surface area (Å²) in [7, 11) is 0. The predicted octanol–water partition coefficient (Wildman–Crippen LogP) is 4.78. The number of ether oxygens (including phenoxy) is 1. The topological polar surface area (TPSA) is 132 Å². The molecule has 1 aliphatic heterocycles. The van der Waals surface area contributed by atoms with E-state index >= 15 is 0 Å². The fourth-order valence-corrected chi connectivity index (χ4v) is 5.48. The number of nitrogens with zero attached hydrogens (tertiary/aromatic N) is 3. The molecular formula is C37H44N6O4. The van der Waals surface area contributed by atoms with Crippen LogP contribution in [0.5, 0.6) is 0 Å². The molecule has 0 saturated carbocycles. The van der Waals surface area contributed by atoms with E-state index in [9.17, 15) is 14.4 Å². The Labute approximate surface area is 276 Å². The SMILES string of the molecule is CC1CCN(C(=O)C(c2ccc(-c3ccccc3)cc2)n2cnc(NC(=O)C(COCc3ccccc3)NC(=O)C(C)(C)N)c2)CC1. The van der Waals surface area contributed by atoms with Gasteiger partial charge in [0.1, 0.15) is 12.1 Å². The van der Waals surface area contributed by atoms with Gasteiger partial charge in [0, 0.05) is 19.3 Å². The van der Waals surface area contributed by atoms with Crippen LogP contribution in [0.4, 0.5) is 5.82 Å². The van der Waals surface area contributed by atoms with Crippen molar-refractivity contribution in [2.24, 2.45) is 11.7 Å². The van der Waals surface area contributed by atoms with E-state index in [-0.39, 0.29) is 24.9 Å². The summed E-state index contributed by atoms with van der Waals surface area (Å²) >= 11 is 0. The summed E-state index contributed by atoms with van der Waals surface area (Å²) in [5.41, 5.74) is 8.69. The molecule has 2 heterocycles. The van der Waals surface area contributed by atoms with Crippen LogP contribution >= 0.6 is 0 Å². The van der Waals surface area contributed by atoms with E-state index in [4.69, 9.17) is 10.5 Å². The molecule has 0 aliphatic carbocycles. The first-order valence-electron chi connectivity index (χ1n) is 16.1. The van der Waals surface area contributed by atoms with E-state index in [1.54, 1.807) is 30.9 Å². The minimum Gasteiger partial charge on any atom is -0.374 e. The van der Waals surface area contributed by atoms with Crippen LogP contribution in [-0.4, -0.2) is 63.4 Å². The molecule has 10 heteroatoms. The average Bonchev–Trinajstić information content (AvgIpc) is 3.53. The lowest BCUT2D eigenvalue weighted by Crippen LogP contribution is -2.56. The summed E-state index contributed by atoms with van der Waals surface area (Å²) in [6.45, 7) is 6.92. The van der Waals surface area contributed by atoms with Crippen molar-refractivity contribution < 1.29 is 19.1 Å². The predicted molar refractivity (Wildman–Crippen MR) is 182 cm³/mol. The van der Waals surface area contributed by atoms with Crippen LogP contribution in [0.25, 0.3) is 11.1 Å². The summed E-state index contributed by atoms with van der Waals surface area (Å²) < 4.78 is 7.54. The highest BCUT2D eigenvalue weighted by Gasteiger charge is 2.31. The van der Waals surface area contributed by atoms with Crippen LogP contribution in [0.3, 0.4) is 0 Å². The monoisotopic (exact) mass is 636 g/mol. The van der Waals surface area contributed by atoms with E-state index in [1.807, 2.05) is 89.8 Å². The molecule has 3 amide bonds. The van der Waals surface area contributed by atoms with Crippen molar-refractivity contribution in [3.63, 3.8) is 0 Å². The summed E-state index contributed by atoms with van der Waals surface area (Å²) in [4.78, 5) is 46.6. The molecule has 2 atom stereocenters. The zero-order valence-electron chi connectivity index (χ0n) is 27.3. The number of rotatable bonds is 12. The molecule has 47 heavy (non-hydrogen) atoms. The van der Waals surface area contributed by atoms with Crippen LogP contribution < -0.4 is 16.4 Å². The van der Waals surface area contributed by atoms with Gasteiger partial charge in [0.15, 0.2) is 5.82 Å². The first-order valence-corrected chi connectivity index (χ1v) is 16.1. The van der Waals surface area contributed by atoms with E-state index in [2.05, 4.69) is 22.5 Å². The Morgan fingerprint density at radius 1 is 0.936 bits per heavy atom. The number of hydrogen-bond donors (Lipinski definition) is 3. The van der Waals surface area contributed by atoms with Crippen molar-refractivity contribution in [2.45, 2.75) is 57.8 Å². The van der Waals surface area contributed by atoms with Crippen molar-refractivity contribution in [3.05, 3.63) is 109 Å². The third-order valence-corrected chi connectivity index (χ3v) is 8.42. The molecule has 1 aromatic heterocycles. The van der Waals surface area contributed by atoms with Gasteiger partial charge in [-0.2, -0.15) is 0 Å². The fraction of sp³-hybridized carbons (Fsp3) is 0.351. The van der Waals surface area contributed by atoms with Gasteiger partial charge in [-0.15, -0.1) is 0 Å². The van der Waals surface area contributed by atoms with Crippen molar-refractivity contribution >= 4 is 23.5 Å². The molecule has 1 aliphatic rings. The van der Waals surface area contributed by atoms with Gasteiger partial charge >= 0.3 is 0 Å². The first-order chi connectivity index (χ1) is 22.6. The van der Waals surface area contributed by atoms with E-state index < -0.39 is 29.4 Å². The average molecular weight is 637 g/mol. The molecule has 0 spiro atoms. The van der Waals surface area contributed by atoms with Crippen molar-refractivity contribution in [3.8, 4) is 11.1 Å². The quantitative estimate of drug-likeness (QED) is 0.205. The van der Waals surface area contributed by atoms with Crippen molar-refractivity contribution in [1.29, 1.82) is 0 Å². The molecule has 4 N–H and O–H groups in total. The lowest BCUT2D eigenvalue weighted by molar-refractivity contribution is -0.135. The Balaban J connectivity index is 1.35. The number of aromatic nitrogens is 2. The molecule has 10 nitrogen and oxygen atoms in total. The minimum absolute atomic E-state index is 0.0238. The van der Waals surface area contributed by atoms with Crippen molar-refractivity contribution in [1.82, 2.24) is 19.8 Å². The molecule has 246 valence electrons. The molecule has 5 rings (SSSR count). The molecule has 4 aromatic rings. The molecule has 1 fully saturated rings. The molecule has 0 bridgehead atoms. The number of anilines is 1. The number of piperidine rings is 1. The highest BCUT2D eigenvalue weighted by Crippen LogP contribution is 2.28. The molecule has 1 saturated heterocycles. The van der Waals surface area contributed by atoms with Crippen LogP contribution in [0.1, 0.15) is 50.8 Å². The standard InChI is InChI=1S/C37H44N6O4/c1-26-18-20-42(21-19-26)35(45)33(30-16-14-29(15-17-30)28-12-8-5-9-13-28)43-22-32(39-25-43)41-34(44)31(40-36(46)37(2,3)38)24-47-23-27-10-6-4-7-11-27/h4-17,22,25-26,31,33H,18-21,23-24,38H2,1-3H3,(H,40,46)(H,41,44). The van der Waals surface area contributed by atoms with Crippen molar-refractivity contribution in [2.75, 3.05) is 25.0 Å². The third kappa shape index (κ3) is 8.93. The first kappa shape index (κ1) is 33.6. The highest BCUT2D eigenvalue weighted by molar-refractivity contribution is 5.98. The van der Waals surface area contributed by atoms with Crippen LogP contribution in [0.2, 0.25) is 0 Å². The minimum atomic E-state index is -1.20. The van der Waals surface area contributed by atoms with Gasteiger partial charge in [-0.25, -0.2) is 4.98 Å². The smallest absolute Gasteiger partial charge is 0.250 e. The highest BCUT2D eigenvalue weighted by atomic mass is 16.5. The number of amides is 3. The van der Waals surface area contributed by atoms with Gasteiger partial charge < -0.3 is 30.6 Å². The van der Waals surface area contributed by atoms with Gasteiger partial charge in [0.05, 0.1) is 25.1 Å². The lowest BCUT2D eigenvalue weighted by Gasteiger charge is -2.33. The van der Waals surface area contributed by atoms with Gasteiger partial charge in [-0.1, -0.05) is 91.9 Å². The van der Waals surface area contributed by atoms with Gasteiger partial charge in [0.2, 0.25) is 11.8 Å². The maximum atomic E-state index is 14.1. The van der Waals surface area contributed by atoms with E-state index in [1.165, 1.54) is 0 Å². The molecular weight excluding hydrogens is 592 g/mol. The Hall–Kier alpha value is -4.80. The Morgan fingerprint density at radius 3 is 2.19 bits per heavy atom. The number of likely N-dealkylation sites (tertiary alicyclic amines) is 1. The Bertz CT molecular complexity index is 1620. The second-order valence-electron chi connectivity index (χ2n) is 12.8. The summed E-state index contributed by atoms with van der Waals surface area (Å²) in [5.74, 6) is -0.208. The third-order valence-electron chi connectivity index (χ3n) is 8.42. The number of nitrogens with two attached hydrogens (primary N) is 1. The van der Waals surface area contributed by atoms with Crippen LogP contribution in [0, 0.1) is 5.92 Å². The van der Waals surface area contributed by atoms with E-state index in [0.717, 1.165) is 35.1 Å². The summed E-state index contributed by atoms with van der Waals surface area (Å²) in [6.07, 6.45) is 5.11. The number of hydrogen-bond acceptors (Lipinski definition) is 6. The van der Waals surface area contributed by atoms with Crippen LogP contribution in [0.15, 0.2) is 97.5 Å². The number of carbonyl (C=O) groups excluding carboxylic acids is 3. The lowest BCUT2D eigenvalue weighted by atomic mass is 9.96. The van der Waals surface area contributed by atoms with Gasteiger partial charge in [0.25, 0.3) is 5.91 Å². The van der Waals surface area contributed by atoms with E-state index in [0.29, 0.717) is 19.0 Å². The maximum Gasteiger partial charge on any atom is 0.250 e. The Morgan fingerprint density at radius 2 is 1.55 bits per heavy atom. The largest absolute Gasteiger partial charge is 0.374 e. The molecule has 2 unspecified atom stereocenters. The number of benzene rings is 3. The fourth-order valence-electron chi connectivity index (χ4n) is 5.48. The zero-order valence-corrected chi connectivity index (χ0v) is 27.3. The zero-order chi connectivity index (χ0) is 33.4. The number of nitrogens with one attached hydrogen (secondary N) is 2. The Kier molecular flexibility index (Phi) is 10.8. The molecule has 3 aromatic carbocycles. The second kappa shape index (κ2) is 15.2. The summed E-state index contributed by atoms with van der Waals surface area (Å²) in [5, 5.41) is 5.50. The summed E-state index contributed by atoms with van der Waals surface area (Å²) in [6, 6.07) is 25.9. The molecule has 0 radical (unpaired) electrons. The number of carbonyl (C=O) groups is 3. The second-order valence-corrected chi connectivity index (χ2v) is 12.8.